The number of halogens is 7. The topological polar surface area (TPSA) is 47.6 Å². The predicted molar refractivity (Wildman–Crippen MR) is 98.2 cm³/mol. The number of hydrogen-bond acceptors (Lipinski definition) is 3. The molecule has 2 aromatic carbocycles. The van der Waals surface area contributed by atoms with Gasteiger partial charge in [-0.3, -0.25) is 0 Å². The molecule has 156 valence electrons. The molecule has 0 saturated heterocycles. The van der Waals surface area contributed by atoms with E-state index in [1.54, 1.807) is 25.1 Å². The van der Waals surface area contributed by atoms with Gasteiger partial charge in [-0.05, 0) is 47.9 Å². The van der Waals surface area contributed by atoms with Crippen molar-refractivity contribution in [2.75, 3.05) is 0 Å². The van der Waals surface area contributed by atoms with E-state index >= 15 is 0 Å². The van der Waals surface area contributed by atoms with Crippen LogP contribution in [-0.4, -0.2) is 11.9 Å². The molecule has 0 saturated carbocycles. The zero-order valence-corrected chi connectivity index (χ0v) is 16.5. The molecule has 1 aliphatic rings. The average molecular weight is 481 g/mol. The summed E-state index contributed by atoms with van der Waals surface area (Å²) in [7, 11) is 0. The van der Waals surface area contributed by atoms with Crippen LogP contribution in [0.2, 0.25) is 0 Å². The van der Waals surface area contributed by atoms with Gasteiger partial charge >= 0.3 is 12.4 Å². The first-order chi connectivity index (χ1) is 13.4. The van der Waals surface area contributed by atoms with Gasteiger partial charge in [-0.15, -0.1) is 0 Å². The lowest BCUT2D eigenvalue weighted by atomic mass is 9.85. The van der Waals surface area contributed by atoms with E-state index < -0.39 is 35.5 Å². The van der Waals surface area contributed by atoms with Gasteiger partial charge in [0.05, 0.1) is 11.3 Å². The van der Waals surface area contributed by atoms with E-state index in [9.17, 15) is 26.3 Å². The van der Waals surface area contributed by atoms with Crippen molar-refractivity contribution in [3.8, 4) is 0 Å². The molecule has 0 radical (unpaired) electrons. The van der Waals surface area contributed by atoms with Crippen LogP contribution in [0.25, 0.3) is 0 Å². The summed E-state index contributed by atoms with van der Waals surface area (Å²) < 4.78 is 81.4. The fourth-order valence-corrected chi connectivity index (χ4v) is 3.64. The fourth-order valence-electron chi connectivity index (χ4n) is 3.15. The van der Waals surface area contributed by atoms with Gasteiger partial charge in [-0.1, -0.05) is 33.2 Å². The second kappa shape index (κ2) is 7.32. The number of oxime groups is 1. The minimum atomic E-state index is -5.01. The molecule has 1 atom stereocenters. The molecule has 0 spiro atoms. The highest BCUT2D eigenvalue weighted by molar-refractivity contribution is 9.10. The Hall–Kier alpha value is -2.07. The van der Waals surface area contributed by atoms with Gasteiger partial charge in [0.25, 0.3) is 5.60 Å². The highest BCUT2D eigenvalue weighted by atomic mass is 79.9. The zero-order chi connectivity index (χ0) is 21.6. The molecule has 0 aliphatic carbocycles. The minimum Gasteiger partial charge on any atom is -0.374 e. The summed E-state index contributed by atoms with van der Waals surface area (Å²) in [4.78, 5) is 4.83. The van der Waals surface area contributed by atoms with Crippen LogP contribution in [-0.2, 0) is 23.2 Å². The maximum absolute atomic E-state index is 14.0. The third-order valence-electron chi connectivity index (χ3n) is 4.77. The second-order valence-electron chi connectivity index (χ2n) is 6.70. The molecule has 0 fully saturated rings. The van der Waals surface area contributed by atoms with Crippen LogP contribution in [0.1, 0.15) is 34.2 Å². The molecule has 0 aromatic heterocycles. The molecule has 0 amide bonds. The Morgan fingerprint density at radius 2 is 1.79 bits per heavy atom. The van der Waals surface area contributed by atoms with E-state index in [2.05, 4.69) is 21.1 Å². The fraction of sp³-hybridized carbons (Fsp3) is 0.316. The number of nitrogens with zero attached hydrogens (tertiary/aromatic N) is 1. The highest BCUT2D eigenvalue weighted by Gasteiger charge is 2.62. The second-order valence-corrected chi connectivity index (χ2v) is 7.62. The van der Waals surface area contributed by atoms with Crippen molar-refractivity contribution >= 4 is 21.6 Å². The maximum Gasteiger partial charge on any atom is 0.435 e. The van der Waals surface area contributed by atoms with Crippen LogP contribution in [0.3, 0.4) is 0 Å². The molecular formula is C19H15BrF6N2O. The van der Waals surface area contributed by atoms with Crippen LogP contribution < -0.4 is 5.73 Å². The summed E-state index contributed by atoms with van der Waals surface area (Å²) in [6, 6.07) is 6.97. The Bertz CT molecular complexity index is 970. The Balaban J connectivity index is 2.06. The zero-order valence-electron chi connectivity index (χ0n) is 15.0. The lowest BCUT2D eigenvalue weighted by Crippen LogP contribution is -2.43. The van der Waals surface area contributed by atoms with Crippen molar-refractivity contribution in [2.24, 2.45) is 10.9 Å². The van der Waals surface area contributed by atoms with Crippen LogP contribution in [0.5, 0.6) is 0 Å². The van der Waals surface area contributed by atoms with Crippen LogP contribution in [0.4, 0.5) is 26.3 Å². The summed E-state index contributed by atoms with van der Waals surface area (Å²) in [5.74, 6) is 0. The standard InChI is InChI=1S/C19H15BrF6N2O/c1-10-4-11(2-3-12(10)9-27)16-8-17(29-28-16,19(24,25)26)13-5-14(18(21,22)23)7-15(20)6-13/h2-7H,8-9,27H2,1H3. The van der Waals surface area contributed by atoms with E-state index in [4.69, 9.17) is 10.6 Å². The smallest absolute Gasteiger partial charge is 0.374 e. The van der Waals surface area contributed by atoms with Gasteiger partial charge in [-0.2, -0.15) is 26.3 Å². The molecule has 1 unspecified atom stereocenters. The van der Waals surface area contributed by atoms with Gasteiger partial charge in [0.2, 0.25) is 0 Å². The van der Waals surface area contributed by atoms with Crippen LogP contribution in [0.15, 0.2) is 46.0 Å². The molecule has 0 bridgehead atoms. The Morgan fingerprint density at radius 1 is 1.10 bits per heavy atom. The number of alkyl halides is 6. The molecular weight excluding hydrogens is 466 g/mol. The van der Waals surface area contributed by atoms with Gasteiger partial charge in [-0.25, -0.2) is 0 Å². The van der Waals surface area contributed by atoms with E-state index in [1.807, 2.05) is 0 Å². The van der Waals surface area contributed by atoms with E-state index in [-0.39, 0.29) is 16.7 Å². The largest absolute Gasteiger partial charge is 0.435 e. The summed E-state index contributed by atoms with van der Waals surface area (Å²) in [6.45, 7) is 2.02. The molecule has 3 nitrogen and oxygen atoms in total. The Labute approximate surface area is 170 Å². The number of benzene rings is 2. The van der Waals surface area contributed by atoms with Gasteiger partial charge in [0, 0.05) is 23.0 Å². The first-order valence-corrected chi connectivity index (χ1v) is 9.17. The van der Waals surface area contributed by atoms with Crippen molar-refractivity contribution in [1.82, 2.24) is 0 Å². The summed E-state index contributed by atoms with van der Waals surface area (Å²) >= 11 is 2.86. The van der Waals surface area contributed by atoms with Gasteiger partial charge in [0.1, 0.15) is 0 Å². The summed E-state index contributed by atoms with van der Waals surface area (Å²) in [5, 5.41) is 3.59. The molecule has 2 aromatic rings. The monoisotopic (exact) mass is 480 g/mol. The molecule has 1 aliphatic heterocycles. The first-order valence-electron chi connectivity index (χ1n) is 8.37. The third kappa shape index (κ3) is 4.00. The van der Waals surface area contributed by atoms with Crippen molar-refractivity contribution in [3.63, 3.8) is 0 Å². The van der Waals surface area contributed by atoms with Crippen molar-refractivity contribution in [2.45, 2.75) is 37.8 Å². The van der Waals surface area contributed by atoms with Crippen LogP contribution >= 0.6 is 15.9 Å². The van der Waals surface area contributed by atoms with Gasteiger partial charge < -0.3 is 10.6 Å². The third-order valence-corrected chi connectivity index (χ3v) is 5.23. The average Bonchev–Trinajstić information content (AvgIpc) is 3.07. The lowest BCUT2D eigenvalue weighted by Gasteiger charge is -2.30. The number of aryl methyl sites for hydroxylation is 1. The lowest BCUT2D eigenvalue weighted by molar-refractivity contribution is -0.276. The SMILES string of the molecule is Cc1cc(C2=NOC(c3cc(Br)cc(C(F)(F)F)c3)(C(F)(F)F)C2)ccc1CN. The molecule has 3 rings (SSSR count). The van der Waals surface area contributed by atoms with Crippen LogP contribution in [0, 0.1) is 6.92 Å². The van der Waals surface area contributed by atoms with Crippen molar-refractivity contribution in [1.29, 1.82) is 0 Å². The number of nitrogens with two attached hydrogens (primary N) is 1. The maximum atomic E-state index is 14.0. The first kappa shape index (κ1) is 21.6. The predicted octanol–water partition coefficient (Wildman–Crippen LogP) is 5.82. The van der Waals surface area contributed by atoms with Crippen molar-refractivity contribution in [3.05, 3.63) is 68.7 Å². The van der Waals surface area contributed by atoms with Gasteiger partial charge in [0.15, 0.2) is 0 Å². The van der Waals surface area contributed by atoms with E-state index in [1.165, 1.54) is 0 Å². The molecule has 1 heterocycles. The molecule has 10 heteroatoms. The molecule has 29 heavy (non-hydrogen) atoms. The number of rotatable bonds is 3. The molecule has 2 N–H and O–H groups in total. The van der Waals surface area contributed by atoms with Crippen molar-refractivity contribution < 1.29 is 31.2 Å². The number of hydrogen-bond donors (Lipinski definition) is 1. The summed E-state index contributed by atoms with van der Waals surface area (Å²) in [5.41, 5.74) is 2.63. The quantitative estimate of drug-likeness (QED) is 0.562. The summed E-state index contributed by atoms with van der Waals surface area (Å²) in [6.07, 6.45) is -10.6. The van der Waals surface area contributed by atoms with E-state index in [0.717, 1.165) is 17.2 Å². The minimum absolute atomic E-state index is 0.0115. The Kier molecular flexibility index (Phi) is 5.46. The van der Waals surface area contributed by atoms with E-state index in [0.29, 0.717) is 17.7 Å². The normalized spacial score (nSPS) is 19.8. The highest BCUT2D eigenvalue weighted by Crippen LogP contribution is 2.50. The Morgan fingerprint density at radius 3 is 2.34 bits per heavy atom.